The predicted molar refractivity (Wildman–Crippen MR) is 66.7 cm³/mol. The molecule has 0 aromatic heterocycles. The summed E-state index contributed by atoms with van der Waals surface area (Å²) in [5, 5.41) is 22.3. The van der Waals surface area contributed by atoms with Crippen LogP contribution in [0.1, 0.15) is 23.7 Å². The van der Waals surface area contributed by atoms with Gasteiger partial charge in [-0.15, -0.1) is 0 Å². The summed E-state index contributed by atoms with van der Waals surface area (Å²) in [6, 6.07) is 3.27. The molecule has 18 heavy (non-hydrogen) atoms. The van der Waals surface area contributed by atoms with Crippen LogP contribution in [0.4, 0.5) is 5.69 Å². The maximum atomic E-state index is 11.8. The molecule has 98 valence electrons. The van der Waals surface area contributed by atoms with Gasteiger partial charge in [0.05, 0.1) is 17.6 Å². The van der Waals surface area contributed by atoms with Crippen LogP contribution in [0.3, 0.4) is 0 Å². The zero-order chi connectivity index (χ0) is 13.7. The van der Waals surface area contributed by atoms with E-state index in [0.29, 0.717) is 6.42 Å². The molecule has 0 aliphatic rings. The Morgan fingerprint density at radius 2 is 2.22 bits per heavy atom. The normalized spacial score (nSPS) is 11.9. The smallest absolute Gasteiger partial charge is 0.271 e. The van der Waals surface area contributed by atoms with Gasteiger partial charge < -0.3 is 10.4 Å². The van der Waals surface area contributed by atoms with Gasteiger partial charge in [0, 0.05) is 22.7 Å². The van der Waals surface area contributed by atoms with Gasteiger partial charge >= 0.3 is 0 Å². The van der Waals surface area contributed by atoms with Crippen molar-refractivity contribution in [2.75, 3.05) is 6.61 Å². The van der Waals surface area contributed by atoms with Crippen LogP contribution >= 0.6 is 11.6 Å². The molecule has 0 saturated carbocycles. The number of hydrogen-bond donors (Lipinski definition) is 2. The first-order valence-corrected chi connectivity index (χ1v) is 5.72. The second-order valence-electron chi connectivity index (χ2n) is 3.72. The molecule has 0 heterocycles. The van der Waals surface area contributed by atoms with Gasteiger partial charge in [-0.05, 0) is 12.5 Å². The minimum Gasteiger partial charge on any atom is -0.394 e. The summed E-state index contributed by atoms with van der Waals surface area (Å²) >= 11 is 5.71. The summed E-state index contributed by atoms with van der Waals surface area (Å²) < 4.78 is 0. The Kier molecular flexibility index (Phi) is 5.06. The Morgan fingerprint density at radius 3 is 2.72 bits per heavy atom. The van der Waals surface area contributed by atoms with Crippen LogP contribution in [-0.4, -0.2) is 28.6 Å². The molecule has 1 rings (SSSR count). The van der Waals surface area contributed by atoms with Crippen molar-refractivity contribution < 1.29 is 14.8 Å². The summed E-state index contributed by atoms with van der Waals surface area (Å²) in [6.07, 6.45) is 0.560. The van der Waals surface area contributed by atoms with Crippen molar-refractivity contribution in [2.24, 2.45) is 0 Å². The first kappa shape index (κ1) is 14.4. The number of carbonyl (C=O) groups is 1. The molecule has 0 spiro atoms. The number of non-ortho nitro benzene ring substituents is 1. The maximum absolute atomic E-state index is 11.8. The molecule has 2 N–H and O–H groups in total. The molecule has 6 nitrogen and oxygen atoms in total. The maximum Gasteiger partial charge on any atom is 0.271 e. The number of carbonyl (C=O) groups excluding carboxylic acids is 1. The van der Waals surface area contributed by atoms with Crippen molar-refractivity contribution in [3.05, 3.63) is 38.9 Å². The van der Waals surface area contributed by atoms with Crippen LogP contribution in [-0.2, 0) is 0 Å². The molecule has 1 unspecified atom stereocenters. The van der Waals surface area contributed by atoms with Crippen molar-refractivity contribution in [3.63, 3.8) is 0 Å². The topological polar surface area (TPSA) is 92.5 Å². The van der Waals surface area contributed by atoms with E-state index in [1.54, 1.807) is 0 Å². The van der Waals surface area contributed by atoms with E-state index >= 15 is 0 Å². The fourth-order valence-electron chi connectivity index (χ4n) is 1.36. The fourth-order valence-corrected chi connectivity index (χ4v) is 1.59. The number of aliphatic hydroxyl groups is 1. The molecule has 7 heteroatoms. The molecule has 1 aromatic rings. The number of rotatable bonds is 5. The van der Waals surface area contributed by atoms with Crippen molar-refractivity contribution in [2.45, 2.75) is 19.4 Å². The first-order valence-electron chi connectivity index (χ1n) is 5.34. The third-order valence-corrected chi connectivity index (χ3v) is 2.62. The summed E-state index contributed by atoms with van der Waals surface area (Å²) in [6.45, 7) is 1.62. The third-order valence-electron chi connectivity index (χ3n) is 2.40. The van der Waals surface area contributed by atoms with Crippen molar-refractivity contribution in [1.82, 2.24) is 5.32 Å². The minimum absolute atomic E-state index is 0.0982. The molecule has 0 bridgehead atoms. The van der Waals surface area contributed by atoms with Gasteiger partial charge in [0.25, 0.3) is 11.6 Å². The van der Waals surface area contributed by atoms with Gasteiger partial charge in [0.2, 0.25) is 0 Å². The van der Waals surface area contributed by atoms with E-state index in [1.807, 2.05) is 6.92 Å². The first-order chi connectivity index (χ1) is 8.47. The van der Waals surface area contributed by atoms with Gasteiger partial charge in [0.1, 0.15) is 0 Å². The predicted octanol–water partition coefficient (Wildman–Crippen LogP) is 1.75. The van der Waals surface area contributed by atoms with Crippen molar-refractivity contribution >= 4 is 23.2 Å². The van der Waals surface area contributed by atoms with E-state index in [-0.39, 0.29) is 28.9 Å². The zero-order valence-electron chi connectivity index (χ0n) is 9.72. The summed E-state index contributed by atoms with van der Waals surface area (Å²) in [7, 11) is 0. The van der Waals surface area contributed by atoms with Crippen LogP contribution < -0.4 is 5.32 Å². The Hall–Kier alpha value is -1.66. The summed E-state index contributed by atoms with van der Waals surface area (Å²) in [5.41, 5.74) is -0.147. The highest BCUT2D eigenvalue weighted by Gasteiger charge is 2.16. The number of nitrogens with one attached hydrogen (secondary N) is 1. The number of amides is 1. The minimum atomic E-state index is -0.619. The van der Waals surface area contributed by atoms with Crippen LogP contribution in [0, 0.1) is 10.1 Å². The fraction of sp³-hybridized carbons (Fsp3) is 0.364. The second kappa shape index (κ2) is 6.32. The Balaban J connectivity index is 2.95. The van der Waals surface area contributed by atoms with Crippen molar-refractivity contribution in [1.29, 1.82) is 0 Å². The van der Waals surface area contributed by atoms with E-state index in [1.165, 1.54) is 12.1 Å². The van der Waals surface area contributed by atoms with E-state index in [2.05, 4.69) is 5.32 Å². The van der Waals surface area contributed by atoms with Gasteiger partial charge in [-0.3, -0.25) is 14.9 Å². The van der Waals surface area contributed by atoms with E-state index in [9.17, 15) is 14.9 Å². The molecule has 1 atom stereocenters. The van der Waals surface area contributed by atoms with Crippen LogP contribution in [0.5, 0.6) is 0 Å². The molecular weight excluding hydrogens is 260 g/mol. The van der Waals surface area contributed by atoms with Gasteiger partial charge in [0.15, 0.2) is 0 Å². The standard InChI is InChI=1S/C11H13ClN2O4/c1-2-9(6-15)13-11(16)7-3-8(12)5-10(4-7)14(17)18/h3-5,9,15H,2,6H2,1H3,(H,13,16). The Labute approximate surface area is 109 Å². The SMILES string of the molecule is CCC(CO)NC(=O)c1cc(Cl)cc([N+](=O)[O-])c1. The highest BCUT2D eigenvalue weighted by Crippen LogP contribution is 2.20. The molecular formula is C11H13ClN2O4. The monoisotopic (exact) mass is 272 g/mol. The average molecular weight is 273 g/mol. The highest BCUT2D eigenvalue weighted by atomic mass is 35.5. The Bertz CT molecular complexity index is 460. The average Bonchev–Trinajstić information content (AvgIpc) is 2.34. The van der Waals surface area contributed by atoms with E-state index in [4.69, 9.17) is 16.7 Å². The largest absolute Gasteiger partial charge is 0.394 e. The van der Waals surface area contributed by atoms with Gasteiger partial charge in [-0.25, -0.2) is 0 Å². The molecule has 1 amide bonds. The van der Waals surface area contributed by atoms with Crippen molar-refractivity contribution in [3.8, 4) is 0 Å². The summed E-state index contributed by atoms with van der Waals surface area (Å²) in [5.74, 6) is -0.499. The van der Waals surface area contributed by atoms with Crippen LogP contribution in [0.15, 0.2) is 18.2 Å². The molecule has 0 radical (unpaired) electrons. The number of aliphatic hydroxyl groups excluding tert-OH is 1. The molecule has 0 aliphatic heterocycles. The quantitative estimate of drug-likeness (QED) is 0.631. The third kappa shape index (κ3) is 3.68. The van der Waals surface area contributed by atoms with Gasteiger partial charge in [-0.2, -0.15) is 0 Å². The molecule has 1 aromatic carbocycles. The summed E-state index contributed by atoms with van der Waals surface area (Å²) in [4.78, 5) is 21.8. The zero-order valence-corrected chi connectivity index (χ0v) is 10.5. The van der Waals surface area contributed by atoms with Crippen LogP contribution in [0.2, 0.25) is 5.02 Å². The lowest BCUT2D eigenvalue weighted by molar-refractivity contribution is -0.384. The highest BCUT2D eigenvalue weighted by molar-refractivity contribution is 6.31. The number of nitro groups is 1. The molecule has 0 saturated heterocycles. The Morgan fingerprint density at radius 1 is 1.56 bits per heavy atom. The second-order valence-corrected chi connectivity index (χ2v) is 4.15. The molecule has 0 fully saturated rings. The van der Waals surface area contributed by atoms with E-state index < -0.39 is 10.8 Å². The van der Waals surface area contributed by atoms with E-state index in [0.717, 1.165) is 6.07 Å². The number of halogens is 1. The lowest BCUT2D eigenvalue weighted by Crippen LogP contribution is -2.36. The molecule has 0 aliphatic carbocycles. The number of nitro benzene ring substituents is 1. The lowest BCUT2D eigenvalue weighted by Gasteiger charge is -2.13. The lowest BCUT2D eigenvalue weighted by atomic mass is 10.1. The van der Waals surface area contributed by atoms with Crippen LogP contribution in [0.25, 0.3) is 0 Å². The number of hydrogen-bond acceptors (Lipinski definition) is 4. The number of benzene rings is 1. The van der Waals surface area contributed by atoms with Gasteiger partial charge in [-0.1, -0.05) is 18.5 Å². The number of nitrogens with zero attached hydrogens (tertiary/aromatic N) is 1.